The van der Waals surface area contributed by atoms with E-state index in [2.05, 4.69) is 15.0 Å². The Balaban J connectivity index is 1.78. The normalized spacial score (nSPS) is 12.1. The third-order valence-electron chi connectivity index (χ3n) is 2.48. The van der Waals surface area contributed by atoms with Crippen LogP contribution in [0.4, 0.5) is 0 Å². The molecule has 1 unspecified atom stereocenters. The number of aliphatic hydroxyl groups is 1. The molecule has 2 rings (SSSR count). The maximum atomic E-state index is 11.5. The second-order valence-electron chi connectivity index (χ2n) is 3.94. The van der Waals surface area contributed by atoms with E-state index >= 15 is 0 Å². The molecule has 1 aromatic heterocycles. The first-order valence-electron chi connectivity index (χ1n) is 5.66. The number of nitrogens with one attached hydrogen (secondary N) is 1. The molecule has 2 N–H and O–H groups in total. The average Bonchev–Trinajstić information content (AvgIpc) is 2.91. The summed E-state index contributed by atoms with van der Waals surface area (Å²) in [6, 6.07) is 11.1. The Bertz CT molecular complexity index is 482. The van der Waals surface area contributed by atoms with Crippen LogP contribution in [0.15, 0.2) is 47.2 Å². The van der Waals surface area contributed by atoms with Gasteiger partial charge in [0.1, 0.15) is 6.26 Å². The van der Waals surface area contributed by atoms with Gasteiger partial charge in [-0.1, -0.05) is 35.5 Å². The van der Waals surface area contributed by atoms with E-state index in [1.165, 1.54) is 12.3 Å². The highest BCUT2D eigenvalue weighted by molar-refractivity contribution is 5.91. The van der Waals surface area contributed by atoms with Crippen molar-refractivity contribution in [2.24, 2.45) is 0 Å². The Morgan fingerprint density at radius 1 is 1.33 bits per heavy atom. The lowest BCUT2D eigenvalue weighted by Gasteiger charge is -2.11. The molecule has 0 aliphatic heterocycles. The molecule has 1 heterocycles. The molecule has 0 saturated carbocycles. The van der Waals surface area contributed by atoms with Gasteiger partial charge in [-0.15, -0.1) is 0 Å². The summed E-state index contributed by atoms with van der Waals surface area (Å²) in [4.78, 5) is 11.5. The number of benzene rings is 1. The number of amides is 1. The third-order valence-corrected chi connectivity index (χ3v) is 2.48. The summed E-state index contributed by atoms with van der Waals surface area (Å²) in [6.45, 7) is 0.181. The molecule has 0 aliphatic rings. The van der Waals surface area contributed by atoms with E-state index in [1.54, 1.807) is 0 Å². The molecular formula is C13H14N2O3. The summed E-state index contributed by atoms with van der Waals surface area (Å²) in [5.74, 6) is -0.351. The predicted octanol–water partition coefficient (Wildman–Crippen LogP) is 1.01. The number of aromatic nitrogens is 1. The molecule has 0 spiro atoms. The van der Waals surface area contributed by atoms with Crippen molar-refractivity contribution in [3.8, 4) is 0 Å². The molecule has 0 radical (unpaired) electrons. The highest BCUT2D eigenvalue weighted by Gasteiger charge is 2.11. The van der Waals surface area contributed by atoms with Crippen molar-refractivity contribution < 1.29 is 14.4 Å². The van der Waals surface area contributed by atoms with Crippen molar-refractivity contribution in [2.75, 3.05) is 6.54 Å². The fourth-order valence-electron chi connectivity index (χ4n) is 1.59. The Morgan fingerprint density at radius 3 is 2.78 bits per heavy atom. The molecule has 5 nitrogen and oxygen atoms in total. The highest BCUT2D eigenvalue weighted by atomic mass is 16.5. The molecule has 0 fully saturated rings. The van der Waals surface area contributed by atoms with Gasteiger partial charge in [-0.2, -0.15) is 0 Å². The third kappa shape index (κ3) is 3.43. The summed E-state index contributed by atoms with van der Waals surface area (Å²) in [6.07, 6.45) is 1.21. The van der Waals surface area contributed by atoms with Crippen molar-refractivity contribution in [2.45, 2.75) is 12.5 Å². The van der Waals surface area contributed by atoms with Gasteiger partial charge in [0.15, 0.2) is 5.69 Å². The lowest BCUT2D eigenvalue weighted by atomic mass is 10.1. The van der Waals surface area contributed by atoms with Crippen molar-refractivity contribution in [3.05, 3.63) is 53.9 Å². The van der Waals surface area contributed by atoms with E-state index in [0.29, 0.717) is 6.42 Å². The highest BCUT2D eigenvalue weighted by Crippen LogP contribution is 2.02. The van der Waals surface area contributed by atoms with Crippen LogP contribution < -0.4 is 5.32 Å². The van der Waals surface area contributed by atoms with E-state index < -0.39 is 6.10 Å². The molecule has 1 aromatic carbocycles. The molecular weight excluding hydrogens is 232 g/mol. The van der Waals surface area contributed by atoms with Crippen LogP contribution >= 0.6 is 0 Å². The molecule has 0 bridgehead atoms. The standard InChI is InChI=1S/C13H14N2O3/c16-11(8-10-4-2-1-3-5-10)9-14-13(17)12-6-7-18-15-12/h1-7,11,16H,8-9H2,(H,14,17). The minimum Gasteiger partial charge on any atom is -0.391 e. The van der Waals surface area contributed by atoms with E-state index in [1.807, 2.05) is 30.3 Å². The van der Waals surface area contributed by atoms with Crippen LogP contribution in [0.2, 0.25) is 0 Å². The van der Waals surface area contributed by atoms with Crippen molar-refractivity contribution >= 4 is 5.91 Å². The fraction of sp³-hybridized carbons (Fsp3) is 0.231. The van der Waals surface area contributed by atoms with Gasteiger partial charge in [0, 0.05) is 19.0 Å². The van der Waals surface area contributed by atoms with E-state index in [-0.39, 0.29) is 18.1 Å². The zero-order valence-electron chi connectivity index (χ0n) is 9.74. The summed E-state index contributed by atoms with van der Waals surface area (Å²) < 4.78 is 4.56. The lowest BCUT2D eigenvalue weighted by molar-refractivity contribution is 0.0907. The monoisotopic (exact) mass is 246 g/mol. The van der Waals surface area contributed by atoms with Crippen LogP contribution in [-0.4, -0.2) is 28.8 Å². The Morgan fingerprint density at radius 2 is 2.11 bits per heavy atom. The van der Waals surface area contributed by atoms with Crippen LogP contribution in [0.1, 0.15) is 16.1 Å². The smallest absolute Gasteiger partial charge is 0.273 e. The summed E-state index contributed by atoms with van der Waals surface area (Å²) >= 11 is 0. The zero-order valence-corrected chi connectivity index (χ0v) is 9.74. The SMILES string of the molecule is O=C(NCC(O)Cc1ccccc1)c1ccon1. The number of carbonyl (C=O) groups excluding carboxylic acids is 1. The number of aliphatic hydroxyl groups excluding tert-OH is 1. The Hall–Kier alpha value is -2.14. The van der Waals surface area contributed by atoms with Crippen LogP contribution in [0, 0.1) is 0 Å². The number of hydrogen-bond donors (Lipinski definition) is 2. The van der Waals surface area contributed by atoms with Crippen molar-refractivity contribution in [1.29, 1.82) is 0 Å². The predicted molar refractivity (Wildman–Crippen MR) is 65.0 cm³/mol. The Labute approximate surface area is 104 Å². The molecule has 1 atom stereocenters. The summed E-state index contributed by atoms with van der Waals surface area (Å²) in [5.41, 5.74) is 1.24. The van der Waals surface area contributed by atoms with Gasteiger partial charge < -0.3 is 14.9 Å². The van der Waals surface area contributed by atoms with E-state index in [4.69, 9.17) is 0 Å². The minimum atomic E-state index is -0.622. The molecule has 18 heavy (non-hydrogen) atoms. The van der Waals surface area contributed by atoms with Crippen LogP contribution in [0.5, 0.6) is 0 Å². The van der Waals surface area contributed by atoms with Gasteiger partial charge in [0.25, 0.3) is 5.91 Å². The van der Waals surface area contributed by atoms with Crippen LogP contribution in [0.3, 0.4) is 0 Å². The second-order valence-corrected chi connectivity index (χ2v) is 3.94. The van der Waals surface area contributed by atoms with Gasteiger partial charge in [-0.25, -0.2) is 0 Å². The molecule has 1 amide bonds. The van der Waals surface area contributed by atoms with Gasteiger partial charge in [0.2, 0.25) is 0 Å². The topological polar surface area (TPSA) is 75.4 Å². The van der Waals surface area contributed by atoms with Gasteiger partial charge in [-0.05, 0) is 5.56 Å². The molecule has 0 aliphatic carbocycles. The molecule has 5 heteroatoms. The maximum absolute atomic E-state index is 11.5. The van der Waals surface area contributed by atoms with Crippen molar-refractivity contribution in [1.82, 2.24) is 10.5 Å². The van der Waals surface area contributed by atoms with Gasteiger partial charge in [0.05, 0.1) is 6.10 Å². The van der Waals surface area contributed by atoms with Crippen LogP contribution in [-0.2, 0) is 6.42 Å². The lowest BCUT2D eigenvalue weighted by Crippen LogP contribution is -2.33. The average molecular weight is 246 g/mol. The molecule has 0 saturated heterocycles. The summed E-state index contributed by atoms with van der Waals surface area (Å²) in [5, 5.41) is 15.9. The number of rotatable bonds is 5. The number of carbonyl (C=O) groups is 1. The van der Waals surface area contributed by atoms with Gasteiger partial charge in [-0.3, -0.25) is 4.79 Å². The first-order chi connectivity index (χ1) is 8.75. The molecule has 2 aromatic rings. The number of nitrogens with zero attached hydrogens (tertiary/aromatic N) is 1. The first-order valence-corrected chi connectivity index (χ1v) is 5.66. The van der Waals surface area contributed by atoms with E-state index in [0.717, 1.165) is 5.56 Å². The second kappa shape index (κ2) is 5.97. The first kappa shape index (κ1) is 12.3. The molecule has 94 valence electrons. The van der Waals surface area contributed by atoms with Crippen LogP contribution in [0.25, 0.3) is 0 Å². The summed E-state index contributed by atoms with van der Waals surface area (Å²) in [7, 11) is 0. The maximum Gasteiger partial charge on any atom is 0.273 e. The fourth-order valence-corrected chi connectivity index (χ4v) is 1.59. The largest absolute Gasteiger partial charge is 0.391 e. The van der Waals surface area contributed by atoms with Crippen molar-refractivity contribution in [3.63, 3.8) is 0 Å². The minimum absolute atomic E-state index is 0.181. The Kier molecular flexibility index (Phi) is 4.09. The van der Waals surface area contributed by atoms with E-state index in [9.17, 15) is 9.90 Å². The quantitative estimate of drug-likeness (QED) is 0.825. The number of hydrogen-bond acceptors (Lipinski definition) is 4. The van der Waals surface area contributed by atoms with Gasteiger partial charge >= 0.3 is 0 Å². The zero-order chi connectivity index (χ0) is 12.8.